The quantitative estimate of drug-likeness (QED) is 0.896. The van der Waals surface area contributed by atoms with Gasteiger partial charge in [0.15, 0.2) is 0 Å². The van der Waals surface area contributed by atoms with Gasteiger partial charge in [-0.3, -0.25) is 0 Å². The van der Waals surface area contributed by atoms with E-state index in [4.69, 9.17) is 0 Å². The fourth-order valence-electron chi connectivity index (χ4n) is 2.64. The Morgan fingerprint density at radius 2 is 2.00 bits per heavy atom. The molecule has 0 saturated heterocycles. The lowest BCUT2D eigenvalue weighted by Gasteiger charge is -2.24. The predicted molar refractivity (Wildman–Crippen MR) is 81.6 cm³/mol. The zero-order valence-corrected chi connectivity index (χ0v) is 13.2. The molecule has 0 aliphatic heterocycles. The van der Waals surface area contributed by atoms with Gasteiger partial charge in [-0.1, -0.05) is 18.2 Å². The monoisotopic (exact) mass is 337 g/mol. The topological polar surface area (TPSA) is 33.1 Å². The number of aryl methyl sites for hydroxylation is 2. The highest BCUT2D eigenvalue weighted by atomic mass is 79.9. The van der Waals surface area contributed by atoms with Gasteiger partial charge in [0.1, 0.15) is 15.2 Å². The van der Waals surface area contributed by atoms with Gasteiger partial charge in [-0.2, -0.15) is 0 Å². The van der Waals surface area contributed by atoms with E-state index in [1.165, 1.54) is 41.7 Å². The summed E-state index contributed by atoms with van der Waals surface area (Å²) in [5, 5.41) is 13.4. The van der Waals surface area contributed by atoms with Crippen molar-refractivity contribution in [1.29, 1.82) is 0 Å². The van der Waals surface area contributed by atoms with Crippen molar-refractivity contribution in [3.05, 3.63) is 49.9 Å². The number of hydrogen-bond donors (Lipinski definition) is 1. The van der Waals surface area contributed by atoms with Crippen LogP contribution in [0.1, 0.15) is 41.5 Å². The maximum Gasteiger partial charge on any atom is 0.138 e. The number of fused-ring (bicyclic) bond motifs is 1. The fraction of sp³-hybridized carbons (Fsp3) is 0.400. The lowest BCUT2D eigenvalue weighted by molar-refractivity contribution is 0.102. The molecule has 0 fully saturated rings. The van der Waals surface area contributed by atoms with Crippen molar-refractivity contribution in [2.45, 2.75) is 38.2 Å². The molecule has 3 rings (SSSR count). The molecule has 1 aromatic heterocycles. The van der Waals surface area contributed by atoms with E-state index in [9.17, 15) is 5.11 Å². The number of nitrogens with zero attached hydrogens (tertiary/aromatic N) is 1. The average Bonchev–Trinajstić information content (AvgIpc) is 2.85. The molecular formula is C15H16BrNOS. The first-order valence-electron chi connectivity index (χ1n) is 6.53. The van der Waals surface area contributed by atoms with Gasteiger partial charge in [0.25, 0.3) is 0 Å². The van der Waals surface area contributed by atoms with Crippen molar-refractivity contribution in [3.63, 3.8) is 0 Å². The molecule has 1 aliphatic rings. The molecule has 0 spiro atoms. The van der Waals surface area contributed by atoms with Gasteiger partial charge in [-0.15, -0.1) is 11.3 Å². The summed E-state index contributed by atoms with van der Waals surface area (Å²) in [6, 6.07) is 6.37. The summed E-state index contributed by atoms with van der Waals surface area (Å²) in [6.45, 7) is 1.82. The van der Waals surface area contributed by atoms with Gasteiger partial charge in [0.05, 0.1) is 0 Å². The molecule has 4 heteroatoms. The van der Waals surface area contributed by atoms with E-state index < -0.39 is 5.60 Å². The molecule has 1 N–H and O–H groups in total. The number of halogens is 1. The average molecular weight is 338 g/mol. The highest BCUT2D eigenvalue weighted by Gasteiger charge is 2.29. The zero-order chi connectivity index (χ0) is 13.5. The van der Waals surface area contributed by atoms with Crippen molar-refractivity contribution < 1.29 is 5.11 Å². The van der Waals surface area contributed by atoms with Crippen molar-refractivity contribution in [3.8, 4) is 0 Å². The van der Waals surface area contributed by atoms with Crippen LogP contribution >= 0.6 is 27.3 Å². The first kappa shape index (κ1) is 13.3. The second-order valence-corrected chi connectivity index (χ2v) is 6.91. The van der Waals surface area contributed by atoms with E-state index in [2.05, 4.69) is 33.0 Å². The molecule has 0 bridgehead atoms. The highest BCUT2D eigenvalue weighted by Crippen LogP contribution is 2.34. The van der Waals surface area contributed by atoms with Gasteiger partial charge < -0.3 is 5.11 Å². The van der Waals surface area contributed by atoms with Crippen LogP contribution in [0.3, 0.4) is 0 Å². The maximum absolute atomic E-state index is 10.8. The lowest BCUT2D eigenvalue weighted by atomic mass is 9.86. The number of thiazole rings is 1. The molecule has 1 heterocycles. The lowest BCUT2D eigenvalue weighted by Crippen LogP contribution is -2.23. The van der Waals surface area contributed by atoms with Gasteiger partial charge in [-0.25, -0.2) is 4.98 Å². The molecular weight excluding hydrogens is 322 g/mol. The molecule has 2 aromatic rings. The largest absolute Gasteiger partial charge is 0.378 e. The number of aromatic nitrogens is 1. The molecule has 100 valence electrons. The Balaban J connectivity index is 2.01. The highest BCUT2D eigenvalue weighted by molar-refractivity contribution is 9.10. The summed E-state index contributed by atoms with van der Waals surface area (Å²) in [5.41, 5.74) is 2.75. The third-order valence-corrected chi connectivity index (χ3v) is 5.57. The summed E-state index contributed by atoms with van der Waals surface area (Å²) >= 11 is 4.83. The Morgan fingerprint density at radius 3 is 2.68 bits per heavy atom. The molecule has 19 heavy (non-hydrogen) atoms. The minimum atomic E-state index is -1.01. The van der Waals surface area contributed by atoms with Crippen LogP contribution in [0, 0.1) is 0 Å². The standard InChI is InChI=1S/C15H16BrNOS/c1-15(18,14-17-13(16)9-19-14)12-7-6-10-4-2-3-5-11(10)8-12/h6-9,18H,2-5H2,1H3. The van der Waals surface area contributed by atoms with E-state index in [0.717, 1.165) is 21.6 Å². The molecule has 1 aliphatic carbocycles. The van der Waals surface area contributed by atoms with Crippen molar-refractivity contribution in [2.75, 3.05) is 0 Å². The van der Waals surface area contributed by atoms with E-state index in [1.807, 2.05) is 18.4 Å². The second-order valence-electron chi connectivity index (χ2n) is 5.24. The maximum atomic E-state index is 10.8. The number of hydrogen-bond acceptors (Lipinski definition) is 3. The molecule has 0 radical (unpaired) electrons. The van der Waals surface area contributed by atoms with Crippen molar-refractivity contribution in [1.82, 2.24) is 4.98 Å². The Labute approximate surface area is 125 Å². The third-order valence-electron chi connectivity index (χ3n) is 3.80. The first-order chi connectivity index (χ1) is 9.07. The van der Waals surface area contributed by atoms with Crippen LogP contribution < -0.4 is 0 Å². The van der Waals surface area contributed by atoms with Gasteiger partial charge in [0.2, 0.25) is 0 Å². The molecule has 1 unspecified atom stereocenters. The minimum Gasteiger partial charge on any atom is -0.378 e. The summed E-state index contributed by atoms with van der Waals surface area (Å²) in [6.07, 6.45) is 4.82. The van der Waals surface area contributed by atoms with E-state index >= 15 is 0 Å². The summed E-state index contributed by atoms with van der Waals surface area (Å²) < 4.78 is 0.783. The van der Waals surface area contributed by atoms with E-state index in [0.29, 0.717) is 0 Å². The minimum absolute atomic E-state index is 0.732. The number of rotatable bonds is 2. The van der Waals surface area contributed by atoms with Crippen LogP contribution in [0.5, 0.6) is 0 Å². The third kappa shape index (κ3) is 2.49. The van der Waals surface area contributed by atoms with Crippen LogP contribution in [0.4, 0.5) is 0 Å². The van der Waals surface area contributed by atoms with Crippen LogP contribution in [-0.2, 0) is 18.4 Å². The van der Waals surface area contributed by atoms with Gasteiger partial charge >= 0.3 is 0 Å². The smallest absolute Gasteiger partial charge is 0.138 e. The Bertz CT molecular complexity index is 606. The summed E-state index contributed by atoms with van der Waals surface area (Å²) in [7, 11) is 0. The van der Waals surface area contributed by atoms with Crippen molar-refractivity contribution in [2.24, 2.45) is 0 Å². The predicted octanol–water partition coefficient (Wildman–Crippen LogP) is 4.04. The first-order valence-corrected chi connectivity index (χ1v) is 8.21. The Kier molecular flexibility index (Phi) is 3.50. The number of benzene rings is 1. The van der Waals surface area contributed by atoms with Crippen LogP contribution in [0.25, 0.3) is 0 Å². The van der Waals surface area contributed by atoms with Crippen LogP contribution in [0.2, 0.25) is 0 Å². The summed E-state index contributed by atoms with van der Waals surface area (Å²) in [5.74, 6) is 0. The molecule has 2 nitrogen and oxygen atoms in total. The second kappa shape index (κ2) is 5.00. The SMILES string of the molecule is CC(O)(c1ccc2c(c1)CCCC2)c1nc(Br)cs1. The van der Waals surface area contributed by atoms with E-state index in [1.54, 1.807) is 0 Å². The molecule has 0 amide bonds. The molecule has 1 atom stereocenters. The Morgan fingerprint density at radius 1 is 1.26 bits per heavy atom. The summed E-state index contributed by atoms with van der Waals surface area (Å²) in [4.78, 5) is 4.36. The Hall–Kier alpha value is -0.710. The van der Waals surface area contributed by atoms with Gasteiger partial charge in [0, 0.05) is 5.38 Å². The number of aliphatic hydroxyl groups is 1. The zero-order valence-electron chi connectivity index (χ0n) is 10.8. The van der Waals surface area contributed by atoms with Crippen LogP contribution in [-0.4, -0.2) is 10.1 Å². The van der Waals surface area contributed by atoms with Crippen molar-refractivity contribution >= 4 is 27.3 Å². The van der Waals surface area contributed by atoms with Crippen LogP contribution in [0.15, 0.2) is 28.2 Å². The fourth-order valence-corrected chi connectivity index (χ4v) is 3.97. The van der Waals surface area contributed by atoms with Gasteiger partial charge in [-0.05, 0) is 65.2 Å². The molecule has 0 saturated carbocycles. The normalized spacial score (nSPS) is 17.8. The molecule has 1 aromatic carbocycles. The van der Waals surface area contributed by atoms with E-state index in [-0.39, 0.29) is 0 Å².